The van der Waals surface area contributed by atoms with Crippen LogP contribution in [-0.4, -0.2) is 31.6 Å². The molecule has 1 aliphatic heterocycles. The molecule has 0 radical (unpaired) electrons. The Morgan fingerprint density at radius 2 is 2.06 bits per heavy atom. The van der Waals surface area contributed by atoms with Crippen LogP contribution in [0.5, 0.6) is 5.75 Å². The molecule has 1 heterocycles. The molecule has 16 heavy (non-hydrogen) atoms. The molecule has 1 aromatic carbocycles. The van der Waals surface area contributed by atoms with E-state index < -0.39 is 0 Å². The molecule has 0 saturated heterocycles. The second-order valence-electron chi connectivity index (χ2n) is 4.42. The smallest absolute Gasteiger partial charge is 0.119 e. The summed E-state index contributed by atoms with van der Waals surface area (Å²) in [7, 11) is 3.93. The number of ether oxygens (including phenoxy) is 1. The third-order valence-corrected chi connectivity index (χ3v) is 3.42. The Balaban J connectivity index is 0.00000128. The van der Waals surface area contributed by atoms with E-state index in [0.717, 1.165) is 25.1 Å². The molecule has 3 heteroatoms. The zero-order chi connectivity index (χ0) is 10.8. The molecule has 0 bridgehead atoms. The SMILES string of the molecule is COc1ccc2c(c1)CC(C)N(C)CC2.Cl. The van der Waals surface area contributed by atoms with E-state index >= 15 is 0 Å². The van der Waals surface area contributed by atoms with Crippen LogP contribution in [0.25, 0.3) is 0 Å². The fourth-order valence-corrected chi connectivity index (χ4v) is 2.15. The van der Waals surface area contributed by atoms with Gasteiger partial charge in [0.2, 0.25) is 0 Å². The van der Waals surface area contributed by atoms with Crippen LogP contribution in [0.4, 0.5) is 0 Å². The summed E-state index contributed by atoms with van der Waals surface area (Å²) in [4.78, 5) is 2.42. The van der Waals surface area contributed by atoms with Gasteiger partial charge in [0.05, 0.1) is 7.11 Å². The number of methoxy groups -OCH3 is 1. The highest BCUT2D eigenvalue weighted by Gasteiger charge is 2.17. The van der Waals surface area contributed by atoms with E-state index in [9.17, 15) is 0 Å². The first kappa shape index (κ1) is 13.3. The van der Waals surface area contributed by atoms with Gasteiger partial charge in [0, 0.05) is 12.6 Å². The largest absolute Gasteiger partial charge is 0.497 e. The van der Waals surface area contributed by atoms with Gasteiger partial charge in [-0.15, -0.1) is 12.4 Å². The lowest BCUT2D eigenvalue weighted by atomic mass is 10.0. The van der Waals surface area contributed by atoms with Crippen LogP contribution in [0.1, 0.15) is 18.1 Å². The zero-order valence-corrected chi connectivity index (χ0v) is 11.0. The Hall–Kier alpha value is -0.730. The maximum Gasteiger partial charge on any atom is 0.119 e. The van der Waals surface area contributed by atoms with Gasteiger partial charge in [0.15, 0.2) is 0 Å². The van der Waals surface area contributed by atoms with Gasteiger partial charge in [0.1, 0.15) is 5.75 Å². The molecule has 2 rings (SSSR count). The number of fused-ring (bicyclic) bond motifs is 1. The predicted octanol–water partition coefficient (Wildman–Crippen LogP) is 2.54. The van der Waals surface area contributed by atoms with E-state index in [4.69, 9.17) is 4.74 Å². The monoisotopic (exact) mass is 241 g/mol. The van der Waals surface area contributed by atoms with Crippen LogP contribution in [0.2, 0.25) is 0 Å². The minimum absolute atomic E-state index is 0. The number of nitrogens with zero attached hydrogens (tertiary/aromatic N) is 1. The Morgan fingerprint density at radius 1 is 1.31 bits per heavy atom. The second kappa shape index (κ2) is 5.55. The molecule has 1 unspecified atom stereocenters. The van der Waals surface area contributed by atoms with Crippen LogP contribution >= 0.6 is 12.4 Å². The molecule has 0 spiro atoms. The molecule has 1 atom stereocenters. The Labute approximate surface area is 104 Å². The van der Waals surface area contributed by atoms with Crippen LogP contribution < -0.4 is 4.74 Å². The summed E-state index contributed by atoms with van der Waals surface area (Å²) in [5.41, 5.74) is 2.93. The van der Waals surface area contributed by atoms with Crippen molar-refractivity contribution in [3.63, 3.8) is 0 Å². The van der Waals surface area contributed by atoms with Crippen molar-refractivity contribution in [2.24, 2.45) is 0 Å². The minimum atomic E-state index is 0. The van der Waals surface area contributed by atoms with Crippen molar-refractivity contribution in [2.45, 2.75) is 25.8 Å². The van der Waals surface area contributed by atoms with Crippen molar-refractivity contribution in [2.75, 3.05) is 20.7 Å². The molecular weight excluding hydrogens is 222 g/mol. The number of rotatable bonds is 1. The lowest BCUT2D eigenvalue weighted by Crippen LogP contribution is -2.30. The molecule has 0 amide bonds. The predicted molar refractivity (Wildman–Crippen MR) is 69.7 cm³/mol. The zero-order valence-electron chi connectivity index (χ0n) is 10.2. The number of benzene rings is 1. The average molecular weight is 242 g/mol. The van der Waals surface area contributed by atoms with Gasteiger partial charge in [0.25, 0.3) is 0 Å². The Bertz CT molecular complexity index is 354. The standard InChI is InChI=1S/C13H19NO.ClH/c1-10-8-12-9-13(15-3)5-4-11(12)6-7-14(10)2;/h4-5,9-10H,6-8H2,1-3H3;1H. The van der Waals surface area contributed by atoms with E-state index in [2.05, 4.69) is 37.1 Å². The molecule has 0 aliphatic carbocycles. The fourth-order valence-electron chi connectivity index (χ4n) is 2.15. The Kier molecular flexibility index (Phi) is 4.63. The molecule has 1 aliphatic rings. The lowest BCUT2D eigenvalue weighted by molar-refractivity contribution is 0.268. The van der Waals surface area contributed by atoms with Gasteiger partial charge in [-0.3, -0.25) is 0 Å². The summed E-state index contributed by atoms with van der Waals surface area (Å²) < 4.78 is 5.27. The molecular formula is C13H20ClNO. The van der Waals surface area contributed by atoms with E-state index in [1.54, 1.807) is 7.11 Å². The van der Waals surface area contributed by atoms with Gasteiger partial charge < -0.3 is 9.64 Å². The normalized spacial score (nSPS) is 20.6. The maximum absolute atomic E-state index is 5.27. The average Bonchev–Trinajstić information content (AvgIpc) is 2.39. The quantitative estimate of drug-likeness (QED) is 0.749. The summed E-state index contributed by atoms with van der Waals surface area (Å²) in [6.07, 6.45) is 2.28. The van der Waals surface area contributed by atoms with Gasteiger partial charge in [-0.2, -0.15) is 0 Å². The highest BCUT2D eigenvalue weighted by molar-refractivity contribution is 5.85. The molecule has 0 fully saturated rings. The summed E-state index contributed by atoms with van der Waals surface area (Å²) in [5, 5.41) is 0. The van der Waals surface area contributed by atoms with Gasteiger partial charge in [-0.25, -0.2) is 0 Å². The van der Waals surface area contributed by atoms with E-state index in [1.807, 2.05) is 0 Å². The van der Waals surface area contributed by atoms with Crippen molar-refractivity contribution in [1.29, 1.82) is 0 Å². The highest BCUT2D eigenvalue weighted by Crippen LogP contribution is 2.23. The third-order valence-electron chi connectivity index (χ3n) is 3.42. The molecule has 1 aromatic rings. The van der Waals surface area contributed by atoms with E-state index in [0.29, 0.717) is 6.04 Å². The summed E-state index contributed by atoms with van der Waals surface area (Å²) >= 11 is 0. The molecule has 0 saturated carbocycles. The molecule has 90 valence electrons. The first-order valence-electron chi connectivity index (χ1n) is 5.56. The van der Waals surface area contributed by atoms with Gasteiger partial charge in [-0.1, -0.05) is 6.07 Å². The van der Waals surface area contributed by atoms with Crippen molar-refractivity contribution in [1.82, 2.24) is 4.90 Å². The second-order valence-corrected chi connectivity index (χ2v) is 4.42. The van der Waals surface area contributed by atoms with E-state index in [1.165, 1.54) is 11.1 Å². The third kappa shape index (κ3) is 2.69. The maximum atomic E-state index is 5.27. The van der Waals surface area contributed by atoms with Crippen molar-refractivity contribution in [3.05, 3.63) is 29.3 Å². The first-order valence-corrected chi connectivity index (χ1v) is 5.56. The number of hydrogen-bond acceptors (Lipinski definition) is 2. The van der Waals surface area contributed by atoms with Gasteiger partial charge in [-0.05, 0) is 50.1 Å². The number of likely N-dealkylation sites (N-methyl/N-ethyl adjacent to an activating group) is 1. The van der Waals surface area contributed by atoms with E-state index in [-0.39, 0.29) is 12.4 Å². The first-order chi connectivity index (χ1) is 7.20. The topological polar surface area (TPSA) is 12.5 Å². The van der Waals surface area contributed by atoms with Crippen molar-refractivity contribution in [3.8, 4) is 5.75 Å². The Morgan fingerprint density at radius 3 is 2.75 bits per heavy atom. The number of hydrogen-bond donors (Lipinski definition) is 0. The number of halogens is 1. The van der Waals surface area contributed by atoms with Crippen molar-refractivity contribution >= 4 is 12.4 Å². The summed E-state index contributed by atoms with van der Waals surface area (Å²) in [5.74, 6) is 0.977. The summed E-state index contributed by atoms with van der Waals surface area (Å²) in [6, 6.07) is 7.08. The summed E-state index contributed by atoms with van der Waals surface area (Å²) in [6.45, 7) is 3.44. The molecule has 0 N–H and O–H groups in total. The highest BCUT2D eigenvalue weighted by atomic mass is 35.5. The van der Waals surface area contributed by atoms with Crippen LogP contribution in [0, 0.1) is 0 Å². The van der Waals surface area contributed by atoms with Crippen molar-refractivity contribution < 1.29 is 4.74 Å². The minimum Gasteiger partial charge on any atom is -0.497 e. The van der Waals surface area contributed by atoms with Crippen LogP contribution in [-0.2, 0) is 12.8 Å². The molecule has 0 aromatic heterocycles. The van der Waals surface area contributed by atoms with Gasteiger partial charge >= 0.3 is 0 Å². The van der Waals surface area contributed by atoms with Crippen LogP contribution in [0.3, 0.4) is 0 Å². The van der Waals surface area contributed by atoms with Crippen LogP contribution in [0.15, 0.2) is 18.2 Å². The fraction of sp³-hybridized carbons (Fsp3) is 0.538. The lowest BCUT2D eigenvalue weighted by Gasteiger charge is -2.21. The molecule has 2 nitrogen and oxygen atoms in total.